The van der Waals surface area contributed by atoms with E-state index in [2.05, 4.69) is 17.1 Å². The minimum atomic E-state index is -0.526. The third-order valence-electron chi connectivity index (χ3n) is 5.18. The van der Waals surface area contributed by atoms with Crippen LogP contribution in [0.3, 0.4) is 0 Å². The molecule has 1 atom stereocenters. The van der Waals surface area contributed by atoms with Crippen LogP contribution in [0.4, 0.5) is 11.4 Å². The number of rotatable bonds is 6. The summed E-state index contributed by atoms with van der Waals surface area (Å²) in [5, 5.41) is 14.0. The Labute approximate surface area is 169 Å². The second kappa shape index (κ2) is 9.21. The summed E-state index contributed by atoms with van der Waals surface area (Å²) in [6.07, 6.45) is 5.64. The van der Waals surface area contributed by atoms with Gasteiger partial charge in [0.25, 0.3) is 11.6 Å². The number of nitrogens with one attached hydrogen (secondary N) is 1. The summed E-state index contributed by atoms with van der Waals surface area (Å²) in [6, 6.07) is 12.9. The molecule has 6 nitrogen and oxygen atoms in total. The number of likely N-dealkylation sites (tertiary alicyclic amines) is 1. The lowest BCUT2D eigenvalue weighted by Crippen LogP contribution is -2.36. The van der Waals surface area contributed by atoms with Gasteiger partial charge in [-0.25, -0.2) is 0 Å². The van der Waals surface area contributed by atoms with E-state index in [9.17, 15) is 14.9 Å². The van der Waals surface area contributed by atoms with Crippen LogP contribution >= 0.6 is 11.8 Å². The van der Waals surface area contributed by atoms with Crippen LogP contribution in [0.25, 0.3) is 0 Å². The number of hydrogen-bond donors (Lipinski definition) is 1. The number of piperidine rings is 1. The van der Waals surface area contributed by atoms with Crippen molar-refractivity contribution in [3.05, 3.63) is 63.7 Å². The molecule has 1 N–H and O–H groups in total. The molecule has 1 aliphatic rings. The lowest BCUT2D eigenvalue weighted by molar-refractivity contribution is -0.385. The molecule has 7 heteroatoms. The first-order valence-corrected chi connectivity index (χ1v) is 10.7. The number of benzene rings is 2. The third kappa shape index (κ3) is 4.91. The number of amides is 1. The number of carbonyl (C=O) groups is 1. The van der Waals surface area contributed by atoms with Crippen LogP contribution < -0.4 is 5.32 Å². The zero-order valence-corrected chi connectivity index (χ0v) is 17.0. The minimum absolute atomic E-state index is 0.0723. The molecule has 28 heavy (non-hydrogen) atoms. The number of nitro benzene ring substituents is 1. The van der Waals surface area contributed by atoms with Crippen LogP contribution in [-0.4, -0.2) is 34.6 Å². The summed E-state index contributed by atoms with van der Waals surface area (Å²) in [7, 11) is 0. The zero-order chi connectivity index (χ0) is 20.1. The summed E-state index contributed by atoms with van der Waals surface area (Å²) >= 11 is 1.44. The molecule has 0 aliphatic carbocycles. The van der Waals surface area contributed by atoms with Gasteiger partial charge in [0.05, 0.1) is 4.92 Å². The molecule has 1 fully saturated rings. The molecule has 1 aliphatic heterocycles. The predicted octanol–water partition coefficient (Wildman–Crippen LogP) is 4.94. The maximum absolute atomic E-state index is 12.6. The first-order valence-electron chi connectivity index (χ1n) is 9.44. The van der Waals surface area contributed by atoms with Crippen molar-refractivity contribution >= 4 is 29.0 Å². The second-order valence-corrected chi connectivity index (χ2v) is 7.99. The van der Waals surface area contributed by atoms with E-state index < -0.39 is 10.8 Å². The number of nitrogens with zero attached hydrogens (tertiary/aromatic N) is 2. The van der Waals surface area contributed by atoms with Crippen LogP contribution in [0.2, 0.25) is 0 Å². The summed E-state index contributed by atoms with van der Waals surface area (Å²) in [4.78, 5) is 26.6. The molecule has 0 spiro atoms. The fourth-order valence-corrected chi connectivity index (χ4v) is 3.94. The van der Waals surface area contributed by atoms with Crippen molar-refractivity contribution in [1.82, 2.24) is 4.90 Å². The fraction of sp³-hybridized carbons (Fsp3) is 0.381. The number of carbonyl (C=O) groups excluding carboxylic acids is 1. The quantitative estimate of drug-likeness (QED) is 0.423. The van der Waals surface area contributed by atoms with Crippen LogP contribution in [0.5, 0.6) is 0 Å². The first kappa shape index (κ1) is 20.4. The van der Waals surface area contributed by atoms with E-state index in [1.165, 1.54) is 42.7 Å². The maximum atomic E-state index is 12.6. The van der Waals surface area contributed by atoms with Gasteiger partial charge in [-0.15, -0.1) is 11.8 Å². The molecule has 0 saturated carbocycles. The van der Waals surface area contributed by atoms with Crippen molar-refractivity contribution in [2.24, 2.45) is 0 Å². The summed E-state index contributed by atoms with van der Waals surface area (Å²) < 4.78 is 0. The fourth-order valence-electron chi connectivity index (χ4n) is 3.50. The predicted molar refractivity (Wildman–Crippen MR) is 113 cm³/mol. The van der Waals surface area contributed by atoms with Gasteiger partial charge in [-0.2, -0.15) is 0 Å². The van der Waals surface area contributed by atoms with E-state index in [0.29, 0.717) is 11.7 Å². The minimum Gasteiger partial charge on any atom is -0.322 e. The van der Waals surface area contributed by atoms with E-state index in [1.807, 2.05) is 30.5 Å². The highest BCUT2D eigenvalue weighted by Gasteiger charge is 2.21. The Kier molecular flexibility index (Phi) is 6.70. The lowest BCUT2D eigenvalue weighted by atomic mass is 10.0. The normalized spacial score (nSPS) is 17.3. The Hall–Kier alpha value is -2.38. The molecule has 1 amide bonds. The van der Waals surface area contributed by atoms with Gasteiger partial charge in [-0.05, 0) is 62.4 Å². The summed E-state index contributed by atoms with van der Waals surface area (Å²) in [5.74, 6) is -0.472. The van der Waals surface area contributed by atoms with Gasteiger partial charge in [0.15, 0.2) is 0 Å². The van der Waals surface area contributed by atoms with Gasteiger partial charge < -0.3 is 5.32 Å². The van der Waals surface area contributed by atoms with Crippen molar-refractivity contribution in [3.63, 3.8) is 0 Å². The van der Waals surface area contributed by atoms with Crippen LogP contribution in [0, 0.1) is 10.1 Å². The molecule has 2 aromatic rings. The van der Waals surface area contributed by atoms with Crippen molar-refractivity contribution in [3.8, 4) is 0 Å². The van der Waals surface area contributed by atoms with Crippen molar-refractivity contribution in [2.45, 2.75) is 43.7 Å². The zero-order valence-electron chi connectivity index (χ0n) is 16.2. The molecular weight excluding hydrogens is 374 g/mol. The molecule has 1 unspecified atom stereocenters. The summed E-state index contributed by atoms with van der Waals surface area (Å²) in [6.45, 7) is 4.29. The molecule has 0 bridgehead atoms. The van der Waals surface area contributed by atoms with Crippen LogP contribution in [-0.2, 0) is 6.54 Å². The monoisotopic (exact) mass is 399 g/mol. The molecule has 2 aromatic carbocycles. The highest BCUT2D eigenvalue weighted by atomic mass is 32.2. The van der Waals surface area contributed by atoms with Crippen molar-refractivity contribution < 1.29 is 9.72 Å². The Balaban J connectivity index is 1.70. The van der Waals surface area contributed by atoms with E-state index in [1.54, 1.807) is 12.1 Å². The maximum Gasteiger partial charge on any atom is 0.282 e. The van der Waals surface area contributed by atoms with E-state index in [-0.39, 0.29) is 11.3 Å². The third-order valence-corrected chi connectivity index (χ3v) is 5.91. The van der Waals surface area contributed by atoms with Gasteiger partial charge in [0.1, 0.15) is 5.56 Å². The average molecular weight is 400 g/mol. The Morgan fingerprint density at radius 3 is 2.64 bits per heavy atom. The standard InChI is InChI=1S/C21H25N3O3S/c1-15-5-3-4-12-23(15)14-16-6-8-17(9-7-16)22-21(25)19-13-18(28-2)10-11-20(19)24(26)27/h6-11,13,15H,3-5,12,14H2,1-2H3,(H,22,25). The van der Waals surface area contributed by atoms with Crippen molar-refractivity contribution in [1.29, 1.82) is 0 Å². The topological polar surface area (TPSA) is 75.5 Å². The Morgan fingerprint density at radius 2 is 2.00 bits per heavy atom. The van der Waals surface area contributed by atoms with Gasteiger partial charge in [-0.1, -0.05) is 18.6 Å². The smallest absolute Gasteiger partial charge is 0.282 e. The van der Waals surface area contributed by atoms with E-state index in [0.717, 1.165) is 18.0 Å². The highest BCUT2D eigenvalue weighted by Crippen LogP contribution is 2.26. The number of nitro groups is 1. The molecule has 1 saturated heterocycles. The number of anilines is 1. The SMILES string of the molecule is CSc1ccc([N+](=O)[O-])c(C(=O)Nc2ccc(CN3CCCCC3C)cc2)c1. The first-order chi connectivity index (χ1) is 13.5. The average Bonchev–Trinajstić information content (AvgIpc) is 2.70. The largest absolute Gasteiger partial charge is 0.322 e. The highest BCUT2D eigenvalue weighted by molar-refractivity contribution is 7.98. The van der Waals surface area contributed by atoms with Gasteiger partial charge in [0.2, 0.25) is 0 Å². The Morgan fingerprint density at radius 1 is 1.25 bits per heavy atom. The number of hydrogen-bond acceptors (Lipinski definition) is 5. The van der Waals surface area contributed by atoms with Crippen LogP contribution in [0.1, 0.15) is 42.1 Å². The van der Waals surface area contributed by atoms with Crippen molar-refractivity contribution in [2.75, 3.05) is 18.1 Å². The van der Waals surface area contributed by atoms with Gasteiger partial charge >= 0.3 is 0 Å². The van der Waals surface area contributed by atoms with E-state index >= 15 is 0 Å². The second-order valence-electron chi connectivity index (χ2n) is 7.11. The number of thioether (sulfide) groups is 1. The molecule has 1 heterocycles. The summed E-state index contributed by atoms with van der Waals surface area (Å²) in [5.41, 5.74) is 1.71. The molecule has 0 aromatic heterocycles. The lowest BCUT2D eigenvalue weighted by Gasteiger charge is -2.33. The molecule has 0 radical (unpaired) electrons. The molecular formula is C21H25N3O3S. The van der Waals surface area contributed by atoms with Crippen LogP contribution in [0.15, 0.2) is 47.4 Å². The Bertz CT molecular complexity index is 854. The molecule has 3 rings (SSSR count). The molecule has 148 valence electrons. The van der Waals surface area contributed by atoms with E-state index in [4.69, 9.17) is 0 Å². The van der Waals surface area contributed by atoms with Gasteiger partial charge in [-0.3, -0.25) is 19.8 Å². The van der Waals surface area contributed by atoms with Gasteiger partial charge in [0, 0.05) is 29.2 Å².